The van der Waals surface area contributed by atoms with Crippen molar-refractivity contribution in [2.75, 3.05) is 6.54 Å². The third-order valence-corrected chi connectivity index (χ3v) is 8.73. The number of fused-ring (bicyclic) bond motifs is 2. The summed E-state index contributed by atoms with van der Waals surface area (Å²) in [6.07, 6.45) is 0.955. The molecule has 0 radical (unpaired) electrons. The van der Waals surface area contributed by atoms with Gasteiger partial charge in [-0.2, -0.15) is 13.2 Å². The minimum absolute atomic E-state index is 0.113. The molecular weight excluding hydrogens is 449 g/mol. The van der Waals surface area contributed by atoms with Gasteiger partial charge in [-0.05, 0) is 85.8 Å². The molecule has 1 aliphatic heterocycles. The second-order valence-electron chi connectivity index (χ2n) is 11.2. The van der Waals surface area contributed by atoms with Crippen molar-refractivity contribution >= 4 is 5.91 Å². The van der Waals surface area contributed by atoms with Crippen LogP contribution in [0.3, 0.4) is 0 Å². The SMILES string of the molecule is Cc1ccc2c(c1)C(N[C@@H]1CC[C@@](C(=O)N3CCc4ccc(C(F)(F)F)cc4C3)(C(C)C)C1)CC2. The first-order valence-corrected chi connectivity index (χ1v) is 12.9. The number of aryl methyl sites for hydroxylation is 2. The Bertz CT molecular complexity index is 1130. The lowest BCUT2D eigenvalue weighted by molar-refractivity contribution is -0.145. The summed E-state index contributed by atoms with van der Waals surface area (Å²) in [5, 5.41) is 3.87. The van der Waals surface area contributed by atoms with Crippen molar-refractivity contribution in [1.82, 2.24) is 10.2 Å². The van der Waals surface area contributed by atoms with Crippen LogP contribution in [0.4, 0.5) is 13.2 Å². The Morgan fingerprint density at radius 2 is 1.83 bits per heavy atom. The van der Waals surface area contributed by atoms with E-state index in [9.17, 15) is 18.0 Å². The highest BCUT2D eigenvalue weighted by Gasteiger charge is 2.50. The van der Waals surface area contributed by atoms with Gasteiger partial charge in [-0.3, -0.25) is 4.79 Å². The molecule has 3 nitrogen and oxygen atoms in total. The summed E-state index contributed by atoms with van der Waals surface area (Å²) >= 11 is 0. The van der Waals surface area contributed by atoms with Gasteiger partial charge in [-0.15, -0.1) is 0 Å². The van der Waals surface area contributed by atoms with Crippen LogP contribution in [0.25, 0.3) is 0 Å². The molecule has 188 valence electrons. The number of nitrogens with one attached hydrogen (secondary N) is 1. The summed E-state index contributed by atoms with van der Waals surface area (Å²) in [5.74, 6) is 0.283. The molecule has 2 aromatic rings. The Hall–Kier alpha value is -2.34. The molecule has 0 bridgehead atoms. The number of alkyl halides is 3. The summed E-state index contributed by atoms with van der Waals surface area (Å²) in [7, 11) is 0. The van der Waals surface area contributed by atoms with Gasteiger partial charge in [0.05, 0.1) is 11.0 Å². The lowest BCUT2D eigenvalue weighted by atomic mass is 9.73. The highest BCUT2D eigenvalue weighted by Crippen LogP contribution is 2.47. The molecule has 1 fully saturated rings. The van der Waals surface area contributed by atoms with Crippen molar-refractivity contribution in [2.45, 2.75) is 84.1 Å². The van der Waals surface area contributed by atoms with Gasteiger partial charge >= 0.3 is 6.18 Å². The van der Waals surface area contributed by atoms with Crippen LogP contribution >= 0.6 is 0 Å². The van der Waals surface area contributed by atoms with Gasteiger partial charge in [-0.1, -0.05) is 43.7 Å². The molecule has 35 heavy (non-hydrogen) atoms. The van der Waals surface area contributed by atoms with Crippen molar-refractivity contribution in [3.63, 3.8) is 0 Å². The second kappa shape index (κ2) is 8.95. The highest BCUT2D eigenvalue weighted by molar-refractivity contribution is 5.84. The predicted molar refractivity (Wildman–Crippen MR) is 131 cm³/mol. The molecule has 0 saturated heterocycles. The van der Waals surface area contributed by atoms with Crippen LogP contribution in [-0.4, -0.2) is 23.4 Å². The summed E-state index contributed by atoms with van der Waals surface area (Å²) < 4.78 is 39.8. The Kier molecular flexibility index (Phi) is 6.23. The summed E-state index contributed by atoms with van der Waals surface area (Å²) in [6, 6.07) is 11.3. The molecule has 0 aromatic heterocycles. The van der Waals surface area contributed by atoms with E-state index < -0.39 is 17.2 Å². The molecule has 1 saturated carbocycles. The fourth-order valence-corrected chi connectivity index (χ4v) is 6.58. The molecule has 0 spiro atoms. The van der Waals surface area contributed by atoms with Crippen LogP contribution in [0.1, 0.15) is 79.0 Å². The van der Waals surface area contributed by atoms with E-state index >= 15 is 0 Å². The largest absolute Gasteiger partial charge is 0.416 e. The summed E-state index contributed by atoms with van der Waals surface area (Å²) in [6.45, 7) is 7.20. The van der Waals surface area contributed by atoms with E-state index in [1.807, 2.05) is 4.90 Å². The molecule has 1 heterocycles. The van der Waals surface area contributed by atoms with Crippen LogP contribution in [-0.2, 0) is 30.4 Å². The molecule has 1 amide bonds. The zero-order valence-electron chi connectivity index (χ0n) is 20.8. The summed E-state index contributed by atoms with van der Waals surface area (Å²) in [4.78, 5) is 15.8. The van der Waals surface area contributed by atoms with Crippen molar-refractivity contribution in [3.05, 3.63) is 69.8 Å². The number of benzene rings is 2. The number of rotatable bonds is 4. The lowest BCUT2D eigenvalue weighted by Gasteiger charge is -2.40. The fourth-order valence-electron chi connectivity index (χ4n) is 6.58. The van der Waals surface area contributed by atoms with Gasteiger partial charge in [0, 0.05) is 25.2 Å². The van der Waals surface area contributed by atoms with Gasteiger partial charge in [0.1, 0.15) is 0 Å². The molecule has 6 heteroatoms. The van der Waals surface area contributed by atoms with Crippen LogP contribution in [0.5, 0.6) is 0 Å². The molecule has 1 unspecified atom stereocenters. The van der Waals surface area contributed by atoms with Gasteiger partial charge in [0.25, 0.3) is 0 Å². The van der Waals surface area contributed by atoms with E-state index in [0.717, 1.165) is 43.7 Å². The van der Waals surface area contributed by atoms with E-state index in [2.05, 4.69) is 44.3 Å². The van der Waals surface area contributed by atoms with Gasteiger partial charge < -0.3 is 10.2 Å². The third-order valence-electron chi connectivity index (χ3n) is 8.73. The highest BCUT2D eigenvalue weighted by atomic mass is 19.4. The van der Waals surface area contributed by atoms with E-state index in [-0.39, 0.29) is 24.4 Å². The Labute approximate surface area is 206 Å². The topological polar surface area (TPSA) is 32.3 Å². The Balaban J connectivity index is 1.31. The third kappa shape index (κ3) is 4.50. The Morgan fingerprint density at radius 3 is 2.57 bits per heavy atom. The van der Waals surface area contributed by atoms with Crippen molar-refractivity contribution < 1.29 is 18.0 Å². The average Bonchev–Trinajstić information content (AvgIpc) is 3.42. The molecular formula is C29H35F3N2O. The van der Waals surface area contributed by atoms with Crippen LogP contribution in [0.15, 0.2) is 36.4 Å². The number of hydrogen-bond donors (Lipinski definition) is 1. The molecule has 2 aromatic carbocycles. The number of carbonyl (C=O) groups is 1. The maximum Gasteiger partial charge on any atom is 0.416 e. The zero-order valence-corrected chi connectivity index (χ0v) is 20.8. The smallest absolute Gasteiger partial charge is 0.338 e. The minimum atomic E-state index is -4.37. The molecule has 5 rings (SSSR count). The maximum absolute atomic E-state index is 14.0. The lowest BCUT2D eigenvalue weighted by Crippen LogP contribution is -2.48. The van der Waals surface area contributed by atoms with E-state index in [4.69, 9.17) is 0 Å². The number of amides is 1. The fraction of sp³-hybridized carbons (Fsp3) is 0.552. The van der Waals surface area contributed by atoms with E-state index in [0.29, 0.717) is 24.6 Å². The average molecular weight is 485 g/mol. The normalized spacial score (nSPS) is 26.2. The number of carbonyl (C=O) groups excluding carboxylic acids is 1. The van der Waals surface area contributed by atoms with Gasteiger partial charge in [0.15, 0.2) is 0 Å². The standard InChI is InChI=1S/C29H35F3N2O/c1-18(2)28(12-10-24(16-28)33-26-9-7-21-5-4-19(3)14-25(21)26)27(35)34-13-11-20-6-8-23(29(30,31)32)15-22(20)17-34/h4-6,8,14-15,18,24,26,33H,7,9-13,16-17H2,1-3H3/t24-,26?,28+/m1/s1. The van der Waals surface area contributed by atoms with Crippen molar-refractivity contribution in [3.8, 4) is 0 Å². The van der Waals surface area contributed by atoms with Gasteiger partial charge in [-0.25, -0.2) is 0 Å². The molecule has 1 N–H and O–H groups in total. The van der Waals surface area contributed by atoms with Crippen molar-refractivity contribution in [1.29, 1.82) is 0 Å². The van der Waals surface area contributed by atoms with E-state index in [1.54, 1.807) is 6.07 Å². The van der Waals surface area contributed by atoms with Crippen LogP contribution < -0.4 is 5.32 Å². The number of hydrogen-bond acceptors (Lipinski definition) is 2. The number of nitrogens with zero attached hydrogens (tertiary/aromatic N) is 1. The first-order valence-electron chi connectivity index (χ1n) is 12.9. The zero-order chi connectivity index (χ0) is 25.0. The first-order chi connectivity index (χ1) is 16.6. The molecule has 2 aliphatic carbocycles. The number of halogens is 3. The first kappa shape index (κ1) is 24.4. The monoisotopic (exact) mass is 484 g/mol. The van der Waals surface area contributed by atoms with Gasteiger partial charge in [0.2, 0.25) is 5.91 Å². The minimum Gasteiger partial charge on any atom is -0.338 e. The quantitative estimate of drug-likeness (QED) is 0.547. The van der Waals surface area contributed by atoms with Crippen LogP contribution in [0.2, 0.25) is 0 Å². The Morgan fingerprint density at radius 1 is 1.06 bits per heavy atom. The molecule has 3 aliphatic rings. The molecule has 3 atom stereocenters. The predicted octanol–water partition coefficient (Wildman–Crippen LogP) is 6.37. The summed E-state index contributed by atoms with van der Waals surface area (Å²) in [5.41, 5.74) is 4.53. The maximum atomic E-state index is 14.0. The van der Waals surface area contributed by atoms with Crippen molar-refractivity contribution in [2.24, 2.45) is 11.3 Å². The second-order valence-corrected chi connectivity index (χ2v) is 11.2. The van der Waals surface area contributed by atoms with E-state index in [1.165, 1.54) is 22.8 Å². The van der Waals surface area contributed by atoms with Crippen LogP contribution in [0, 0.1) is 18.3 Å².